The Morgan fingerprint density at radius 3 is 2.15 bits per heavy atom. The molecule has 0 bridgehead atoms. The van der Waals surface area contributed by atoms with Crippen molar-refractivity contribution in [3.05, 3.63) is 48.8 Å². The van der Waals surface area contributed by atoms with Crippen LogP contribution in [0.1, 0.15) is 0 Å². The zero-order valence-corrected chi connectivity index (χ0v) is 11.2. The van der Waals surface area contributed by atoms with Gasteiger partial charge in [0.1, 0.15) is 6.54 Å². The van der Waals surface area contributed by atoms with Crippen LogP contribution in [-0.4, -0.2) is 31.0 Å². The molecule has 2 aromatic rings. The van der Waals surface area contributed by atoms with Crippen molar-refractivity contribution in [2.45, 2.75) is 4.90 Å². The highest BCUT2D eigenvalue weighted by Gasteiger charge is 2.14. The molecular formula is C13H12N2O4S. The second-order valence-electron chi connectivity index (χ2n) is 3.98. The maximum absolute atomic E-state index is 11.8. The Kier molecular flexibility index (Phi) is 4.11. The maximum Gasteiger partial charge on any atom is 0.318 e. The molecule has 0 spiro atoms. The van der Waals surface area contributed by atoms with Gasteiger partial charge in [0.2, 0.25) is 10.0 Å². The fraction of sp³-hybridized carbons (Fsp3) is 0.0769. The van der Waals surface area contributed by atoms with Crippen molar-refractivity contribution in [3.8, 4) is 11.1 Å². The van der Waals surface area contributed by atoms with Gasteiger partial charge in [0.25, 0.3) is 0 Å². The van der Waals surface area contributed by atoms with Gasteiger partial charge in [-0.2, -0.15) is 4.72 Å². The minimum absolute atomic E-state index is 0.0246. The van der Waals surface area contributed by atoms with Crippen LogP contribution in [0.3, 0.4) is 0 Å². The van der Waals surface area contributed by atoms with Crippen molar-refractivity contribution >= 4 is 16.0 Å². The van der Waals surface area contributed by atoms with Gasteiger partial charge in [0, 0.05) is 12.4 Å². The number of sulfonamides is 1. The summed E-state index contributed by atoms with van der Waals surface area (Å²) in [6.07, 6.45) is 3.29. The molecule has 0 saturated carbocycles. The fourth-order valence-corrected chi connectivity index (χ4v) is 2.59. The topological polar surface area (TPSA) is 96.4 Å². The molecule has 20 heavy (non-hydrogen) atoms. The summed E-state index contributed by atoms with van der Waals surface area (Å²) < 4.78 is 25.6. The Labute approximate surface area is 116 Å². The number of carboxylic acids is 1. The maximum atomic E-state index is 11.8. The Hall–Kier alpha value is -2.25. The van der Waals surface area contributed by atoms with E-state index in [9.17, 15) is 13.2 Å². The predicted octanol–water partition coefficient (Wildman–Crippen LogP) is 1.11. The molecular weight excluding hydrogens is 280 g/mol. The number of pyridine rings is 1. The van der Waals surface area contributed by atoms with Crippen molar-refractivity contribution in [2.75, 3.05) is 6.54 Å². The summed E-state index contributed by atoms with van der Waals surface area (Å²) in [5.41, 5.74) is 1.77. The van der Waals surface area contributed by atoms with Gasteiger partial charge in [-0.3, -0.25) is 9.78 Å². The Morgan fingerprint density at radius 1 is 1.05 bits per heavy atom. The largest absolute Gasteiger partial charge is 0.480 e. The van der Waals surface area contributed by atoms with E-state index in [4.69, 9.17) is 5.11 Å². The third kappa shape index (κ3) is 3.40. The number of benzene rings is 1. The van der Waals surface area contributed by atoms with Crippen LogP contribution in [0.5, 0.6) is 0 Å². The van der Waals surface area contributed by atoms with Gasteiger partial charge >= 0.3 is 5.97 Å². The molecule has 1 aromatic carbocycles. The molecule has 1 heterocycles. The standard InChI is InChI=1S/C13H12N2O4S/c16-13(17)9-15-20(18,19)12-3-1-10(2-4-12)11-5-7-14-8-6-11/h1-8,15H,9H2,(H,16,17). The van der Waals surface area contributed by atoms with E-state index in [1.807, 2.05) is 16.9 Å². The average molecular weight is 292 g/mol. The van der Waals surface area contributed by atoms with Crippen LogP contribution < -0.4 is 4.72 Å². The molecule has 6 nitrogen and oxygen atoms in total. The molecule has 2 rings (SSSR count). The number of aliphatic carboxylic acids is 1. The number of carbonyl (C=O) groups is 1. The molecule has 1 aromatic heterocycles. The van der Waals surface area contributed by atoms with E-state index in [1.54, 1.807) is 24.5 Å². The van der Waals surface area contributed by atoms with Gasteiger partial charge in [-0.25, -0.2) is 8.42 Å². The van der Waals surface area contributed by atoms with Crippen molar-refractivity contribution < 1.29 is 18.3 Å². The third-order valence-corrected chi connectivity index (χ3v) is 4.01. The molecule has 0 unspecified atom stereocenters. The highest BCUT2D eigenvalue weighted by Crippen LogP contribution is 2.20. The monoisotopic (exact) mass is 292 g/mol. The minimum atomic E-state index is -3.80. The molecule has 0 saturated heterocycles. The molecule has 2 N–H and O–H groups in total. The zero-order valence-electron chi connectivity index (χ0n) is 10.4. The summed E-state index contributed by atoms with van der Waals surface area (Å²) in [6, 6.07) is 9.80. The van der Waals surface area contributed by atoms with E-state index < -0.39 is 22.5 Å². The normalized spacial score (nSPS) is 11.2. The lowest BCUT2D eigenvalue weighted by atomic mass is 10.1. The molecule has 0 aliphatic carbocycles. The van der Waals surface area contributed by atoms with E-state index >= 15 is 0 Å². The number of hydrogen-bond acceptors (Lipinski definition) is 4. The fourth-order valence-electron chi connectivity index (χ4n) is 1.61. The first-order valence-corrected chi connectivity index (χ1v) is 7.19. The van der Waals surface area contributed by atoms with E-state index in [0.29, 0.717) is 0 Å². The summed E-state index contributed by atoms with van der Waals surface area (Å²) in [5.74, 6) is -1.23. The third-order valence-electron chi connectivity index (χ3n) is 2.59. The predicted molar refractivity (Wildman–Crippen MR) is 72.5 cm³/mol. The lowest BCUT2D eigenvalue weighted by Gasteiger charge is -2.06. The van der Waals surface area contributed by atoms with Crippen LogP contribution in [-0.2, 0) is 14.8 Å². The highest BCUT2D eigenvalue weighted by atomic mass is 32.2. The van der Waals surface area contributed by atoms with Gasteiger partial charge in [-0.15, -0.1) is 0 Å². The summed E-state index contributed by atoms with van der Waals surface area (Å²) in [6.45, 7) is -0.644. The summed E-state index contributed by atoms with van der Waals surface area (Å²) >= 11 is 0. The highest BCUT2D eigenvalue weighted by molar-refractivity contribution is 7.89. The lowest BCUT2D eigenvalue weighted by molar-refractivity contribution is -0.135. The summed E-state index contributed by atoms with van der Waals surface area (Å²) in [5, 5.41) is 8.48. The Morgan fingerprint density at radius 2 is 1.60 bits per heavy atom. The van der Waals surface area contributed by atoms with Crippen LogP contribution in [0.15, 0.2) is 53.7 Å². The van der Waals surface area contributed by atoms with Gasteiger partial charge in [0.15, 0.2) is 0 Å². The van der Waals surface area contributed by atoms with Crippen LogP contribution >= 0.6 is 0 Å². The quantitative estimate of drug-likeness (QED) is 0.860. The van der Waals surface area contributed by atoms with Crippen LogP contribution in [0.25, 0.3) is 11.1 Å². The van der Waals surface area contributed by atoms with Gasteiger partial charge in [-0.05, 0) is 35.4 Å². The molecule has 0 aliphatic heterocycles. The zero-order chi connectivity index (χ0) is 14.6. The van der Waals surface area contributed by atoms with Crippen molar-refractivity contribution in [1.29, 1.82) is 0 Å². The van der Waals surface area contributed by atoms with Crippen LogP contribution in [0.2, 0.25) is 0 Å². The van der Waals surface area contributed by atoms with E-state index in [-0.39, 0.29) is 4.90 Å². The average Bonchev–Trinajstić information content (AvgIpc) is 2.46. The first kappa shape index (κ1) is 14.2. The Balaban J connectivity index is 2.22. The first-order chi connectivity index (χ1) is 9.49. The summed E-state index contributed by atoms with van der Waals surface area (Å²) in [4.78, 5) is 14.3. The Bertz CT molecular complexity index is 697. The molecule has 104 valence electrons. The van der Waals surface area contributed by atoms with Crippen molar-refractivity contribution in [3.63, 3.8) is 0 Å². The van der Waals surface area contributed by atoms with Gasteiger partial charge in [0.05, 0.1) is 4.90 Å². The minimum Gasteiger partial charge on any atom is -0.480 e. The molecule has 0 radical (unpaired) electrons. The smallest absolute Gasteiger partial charge is 0.318 e. The number of aromatic nitrogens is 1. The molecule has 7 heteroatoms. The molecule has 0 amide bonds. The second-order valence-corrected chi connectivity index (χ2v) is 5.75. The number of rotatable bonds is 5. The van der Waals surface area contributed by atoms with Crippen LogP contribution in [0, 0.1) is 0 Å². The SMILES string of the molecule is O=C(O)CNS(=O)(=O)c1ccc(-c2ccncc2)cc1. The van der Waals surface area contributed by atoms with E-state index in [0.717, 1.165) is 11.1 Å². The second kappa shape index (κ2) is 5.81. The molecule has 0 atom stereocenters. The van der Waals surface area contributed by atoms with Gasteiger partial charge in [-0.1, -0.05) is 12.1 Å². The van der Waals surface area contributed by atoms with Crippen molar-refractivity contribution in [2.24, 2.45) is 0 Å². The van der Waals surface area contributed by atoms with E-state index in [2.05, 4.69) is 4.98 Å². The van der Waals surface area contributed by atoms with Crippen LogP contribution in [0.4, 0.5) is 0 Å². The van der Waals surface area contributed by atoms with Crippen molar-refractivity contribution in [1.82, 2.24) is 9.71 Å². The van der Waals surface area contributed by atoms with E-state index in [1.165, 1.54) is 12.1 Å². The number of nitrogens with one attached hydrogen (secondary N) is 1. The number of hydrogen-bond donors (Lipinski definition) is 2. The number of carboxylic acid groups (broad SMARTS) is 1. The summed E-state index contributed by atoms with van der Waals surface area (Å²) in [7, 11) is -3.80. The molecule has 0 fully saturated rings. The van der Waals surface area contributed by atoms with Gasteiger partial charge < -0.3 is 5.11 Å². The first-order valence-electron chi connectivity index (χ1n) is 5.71. The molecule has 0 aliphatic rings. The lowest BCUT2D eigenvalue weighted by Crippen LogP contribution is -2.29. The number of nitrogens with zero attached hydrogens (tertiary/aromatic N) is 1.